The molecule has 1 nitrogen and oxygen atoms in total. The molecule has 1 saturated heterocycles. The van der Waals surface area contributed by atoms with Crippen LogP contribution in [-0.2, 0) is 6.42 Å². The third kappa shape index (κ3) is 2.19. The van der Waals surface area contributed by atoms with E-state index in [0.717, 1.165) is 18.0 Å². The summed E-state index contributed by atoms with van der Waals surface area (Å²) >= 11 is 0. The molecule has 0 saturated carbocycles. The molecular formula is C16H24ClN. The van der Waals surface area contributed by atoms with Gasteiger partial charge in [-0.1, -0.05) is 31.2 Å². The van der Waals surface area contributed by atoms with Crippen molar-refractivity contribution < 1.29 is 0 Å². The van der Waals surface area contributed by atoms with E-state index >= 15 is 0 Å². The molecule has 2 aliphatic rings. The molecule has 0 radical (unpaired) electrons. The summed E-state index contributed by atoms with van der Waals surface area (Å²) in [5, 5.41) is 0. The Bertz CT molecular complexity index is 404. The average Bonchev–Trinajstić information content (AvgIpc) is 2.67. The monoisotopic (exact) mass is 265 g/mol. The first-order valence-electron chi connectivity index (χ1n) is 7.14. The van der Waals surface area contributed by atoms with Gasteiger partial charge in [0.2, 0.25) is 0 Å². The number of fused-ring (bicyclic) bond motifs is 3. The number of nitrogens with zero attached hydrogens (tertiary/aromatic N) is 1. The molecule has 3 atom stereocenters. The van der Waals surface area contributed by atoms with Gasteiger partial charge in [-0.3, -0.25) is 4.90 Å². The van der Waals surface area contributed by atoms with Crippen molar-refractivity contribution in [2.24, 2.45) is 0 Å². The Kier molecular flexibility index (Phi) is 4.34. The van der Waals surface area contributed by atoms with Crippen LogP contribution in [-0.4, -0.2) is 23.5 Å². The maximum absolute atomic E-state index is 2.76. The van der Waals surface area contributed by atoms with E-state index in [2.05, 4.69) is 43.0 Å². The lowest BCUT2D eigenvalue weighted by atomic mass is 9.79. The quantitative estimate of drug-likeness (QED) is 0.781. The van der Waals surface area contributed by atoms with Crippen molar-refractivity contribution in [3.8, 4) is 0 Å². The molecule has 1 aliphatic heterocycles. The van der Waals surface area contributed by atoms with Crippen LogP contribution < -0.4 is 0 Å². The number of halogens is 1. The van der Waals surface area contributed by atoms with E-state index in [4.69, 9.17) is 0 Å². The molecule has 0 spiro atoms. The van der Waals surface area contributed by atoms with Crippen molar-refractivity contribution in [1.82, 2.24) is 4.90 Å². The molecule has 100 valence electrons. The first-order valence-corrected chi connectivity index (χ1v) is 7.14. The zero-order chi connectivity index (χ0) is 11.8. The van der Waals surface area contributed by atoms with Gasteiger partial charge in [-0.2, -0.15) is 0 Å². The fraction of sp³-hybridized carbons (Fsp3) is 0.625. The molecule has 1 heterocycles. The molecule has 1 aliphatic carbocycles. The SMILES string of the molecule is CCCN1C(C)CC2c3ccccc3CCC21.Cl. The fourth-order valence-corrected chi connectivity index (χ4v) is 3.99. The van der Waals surface area contributed by atoms with Gasteiger partial charge in [-0.05, 0) is 50.3 Å². The van der Waals surface area contributed by atoms with Gasteiger partial charge in [0.05, 0.1) is 0 Å². The Balaban J connectivity index is 0.00000120. The number of rotatable bonds is 2. The number of hydrogen-bond acceptors (Lipinski definition) is 1. The van der Waals surface area contributed by atoms with Gasteiger partial charge in [0, 0.05) is 18.0 Å². The molecule has 0 bridgehead atoms. The number of hydrogen-bond donors (Lipinski definition) is 0. The highest BCUT2D eigenvalue weighted by Crippen LogP contribution is 2.44. The second kappa shape index (κ2) is 5.63. The third-order valence-corrected chi connectivity index (χ3v) is 4.70. The Morgan fingerprint density at radius 2 is 2.06 bits per heavy atom. The summed E-state index contributed by atoms with van der Waals surface area (Å²) < 4.78 is 0. The summed E-state index contributed by atoms with van der Waals surface area (Å²) in [4.78, 5) is 2.76. The van der Waals surface area contributed by atoms with Crippen LogP contribution in [0.2, 0.25) is 0 Å². The summed E-state index contributed by atoms with van der Waals surface area (Å²) in [6.07, 6.45) is 5.30. The fourth-order valence-electron chi connectivity index (χ4n) is 3.99. The summed E-state index contributed by atoms with van der Waals surface area (Å²) in [6, 6.07) is 10.7. The predicted octanol–water partition coefficient (Wildman–Crippen LogP) is 4.01. The summed E-state index contributed by atoms with van der Waals surface area (Å²) in [5.74, 6) is 0.807. The molecule has 0 aromatic heterocycles. The van der Waals surface area contributed by atoms with Crippen molar-refractivity contribution >= 4 is 12.4 Å². The molecule has 1 fully saturated rings. The number of benzene rings is 1. The lowest BCUT2D eigenvalue weighted by molar-refractivity contribution is 0.186. The van der Waals surface area contributed by atoms with Crippen molar-refractivity contribution in [3.63, 3.8) is 0 Å². The predicted molar refractivity (Wildman–Crippen MR) is 79.6 cm³/mol. The van der Waals surface area contributed by atoms with E-state index in [-0.39, 0.29) is 12.4 Å². The molecular weight excluding hydrogens is 242 g/mol. The van der Waals surface area contributed by atoms with Crippen LogP contribution in [0.5, 0.6) is 0 Å². The normalized spacial score (nSPS) is 30.4. The maximum atomic E-state index is 2.76. The molecule has 2 heteroatoms. The molecule has 1 aromatic rings. The van der Waals surface area contributed by atoms with Crippen LogP contribution in [0.25, 0.3) is 0 Å². The van der Waals surface area contributed by atoms with Crippen LogP contribution >= 0.6 is 12.4 Å². The minimum Gasteiger partial charge on any atom is -0.297 e. The lowest BCUT2D eigenvalue weighted by Gasteiger charge is -2.34. The Morgan fingerprint density at radius 1 is 1.28 bits per heavy atom. The molecule has 1 aromatic carbocycles. The summed E-state index contributed by atoms with van der Waals surface area (Å²) in [6.45, 7) is 6.00. The highest BCUT2D eigenvalue weighted by atomic mass is 35.5. The van der Waals surface area contributed by atoms with Gasteiger partial charge < -0.3 is 0 Å². The Labute approximate surface area is 117 Å². The third-order valence-electron chi connectivity index (χ3n) is 4.70. The lowest BCUT2D eigenvalue weighted by Crippen LogP contribution is -2.38. The smallest absolute Gasteiger partial charge is 0.0171 e. The minimum atomic E-state index is 0. The zero-order valence-electron chi connectivity index (χ0n) is 11.4. The molecule has 0 amide bonds. The highest BCUT2D eigenvalue weighted by Gasteiger charge is 2.41. The summed E-state index contributed by atoms with van der Waals surface area (Å²) in [7, 11) is 0. The second-order valence-corrected chi connectivity index (χ2v) is 5.73. The molecule has 0 N–H and O–H groups in total. The van der Waals surface area contributed by atoms with Gasteiger partial charge >= 0.3 is 0 Å². The highest BCUT2D eigenvalue weighted by molar-refractivity contribution is 5.85. The minimum absolute atomic E-state index is 0. The van der Waals surface area contributed by atoms with Gasteiger partial charge in [0.15, 0.2) is 0 Å². The first-order chi connectivity index (χ1) is 8.31. The van der Waals surface area contributed by atoms with Crippen molar-refractivity contribution in [2.45, 2.75) is 57.5 Å². The number of aryl methyl sites for hydroxylation is 1. The zero-order valence-corrected chi connectivity index (χ0v) is 12.2. The van der Waals surface area contributed by atoms with E-state index in [0.29, 0.717) is 0 Å². The largest absolute Gasteiger partial charge is 0.297 e. The first kappa shape index (κ1) is 13.9. The van der Waals surface area contributed by atoms with E-state index in [1.54, 1.807) is 11.1 Å². The van der Waals surface area contributed by atoms with Gasteiger partial charge in [0.1, 0.15) is 0 Å². The van der Waals surface area contributed by atoms with Crippen LogP contribution in [0.1, 0.15) is 50.2 Å². The van der Waals surface area contributed by atoms with Crippen LogP contribution in [0.15, 0.2) is 24.3 Å². The van der Waals surface area contributed by atoms with Crippen LogP contribution in [0.4, 0.5) is 0 Å². The Hall–Kier alpha value is -0.530. The van der Waals surface area contributed by atoms with Crippen molar-refractivity contribution in [1.29, 1.82) is 0 Å². The van der Waals surface area contributed by atoms with Crippen LogP contribution in [0.3, 0.4) is 0 Å². The molecule has 3 rings (SSSR count). The van der Waals surface area contributed by atoms with E-state index in [1.165, 1.54) is 32.2 Å². The standard InChI is InChI=1S/C16H23N.ClH/c1-3-10-17-12(2)11-15-14-7-5-4-6-13(14)8-9-16(15)17;/h4-7,12,15-16H,3,8-11H2,1-2H3;1H. The van der Waals surface area contributed by atoms with Crippen LogP contribution in [0, 0.1) is 0 Å². The van der Waals surface area contributed by atoms with E-state index in [1.807, 2.05) is 0 Å². The van der Waals surface area contributed by atoms with Crippen molar-refractivity contribution in [3.05, 3.63) is 35.4 Å². The number of likely N-dealkylation sites (tertiary alicyclic amines) is 1. The molecule has 18 heavy (non-hydrogen) atoms. The maximum Gasteiger partial charge on any atom is 0.0171 e. The van der Waals surface area contributed by atoms with Gasteiger partial charge in [-0.15, -0.1) is 12.4 Å². The molecule has 3 unspecified atom stereocenters. The van der Waals surface area contributed by atoms with Crippen molar-refractivity contribution in [2.75, 3.05) is 6.54 Å². The second-order valence-electron chi connectivity index (χ2n) is 5.73. The summed E-state index contributed by atoms with van der Waals surface area (Å²) in [5.41, 5.74) is 3.26. The van der Waals surface area contributed by atoms with E-state index < -0.39 is 0 Å². The van der Waals surface area contributed by atoms with Gasteiger partial charge in [0.25, 0.3) is 0 Å². The topological polar surface area (TPSA) is 3.24 Å². The average molecular weight is 266 g/mol. The van der Waals surface area contributed by atoms with Gasteiger partial charge in [-0.25, -0.2) is 0 Å². The Morgan fingerprint density at radius 3 is 2.83 bits per heavy atom. The van der Waals surface area contributed by atoms with E-state index in [9.17, 15) is 0 Å².